The first-order valence-corrected chi connectivity index (χ1v) is 9.83. The number of ketones is 1. The van der Waals surface area contributed by atoms with Crippen molar-refractivity contribution in [2.45, 2.75) is 18.7 Å². The van der Waals surface area contributed by atoms with Crippen molar-refractivity contribution in [1.82, 2.24) is 4.47 Å². The number of carbonyl (C=O) groups is 2. The average Bonchev–Trinajstić information content (AvgIpc) is 2.96. The van der Waals surface area contributed by atoms with Gasteiger partial charge in [-0.2, -0.15) is 0 Å². The highest BCUT2D eigenvalue weighted by Gasteiger charge is 2.21. The van der Waals surface area contributed by atoms with Crippen LogP contribution in [-0.4, -0.2) is 45.4 Å². The second-order valence-corrected chi connectivity index (χ2v) is 8.84. The van der Waals surface area contributed by atoms with E-state index < -0.39 is 16.0 Å². The zero-order valence-corrected chi connectivity index (χ0v) is 16.4. The van der Waals surface area contributed by atoms with Crippen LogP contribution in [0, 0.1) is 13.8 Å². The highest BCUT2D eigenvalue weighted by Crippen LogP contribution is 2.21. The molecule has 0 unspecified atom stereocenters. The topological polar surface area (TPSA) is 90.0 Å². The third kappa shape index (κ3) is 4.36. The maximum atomic E-state index is 12.1. The zero-order chi connectivity index (χ0) is 19.5. The van der Waals surface area contributed by atoms with Crippen LogP contribution in [0.15, 0.2) is 35.2 Å². The number of Topliss-reactive ketones (excluding diaryl/α,β-unsaturated/α-hetero) is 1. The van der Waals surface area contributed by atoms with Crippen LogP contribution in [0.25, 0.3) is 0 Å². The Hall–Kier alpha value is -2.07. The molecule has 0 fully saturated rings. The number of ether oxygens (including phenoxy) is 1. The molecule has 0 radical (unpaired) electrons. The summed E-state index contributed by atoms with van der Waals surface area (Å²) in [4.78, 5) is 30.7. The largest absolute Gasteiger partial charge is 0.454 e. The van der Waals surface area contributed by atoms with Crippen molar-refractivity contribution in [3.8, 4) is 0 Å². The molecule has 0 saturated carbocycles. The zero-order valence-electron chi connectivity index (χ0n) is 14.8. The number of hydrogen-bond donors (Lipinski definition) is 0. The number of benzene rings is 1. The third-order valence-electron chi connectivity index (χ3n) is 3.66. The van der Waals surface area contributed by atoms with Crippen LogP contribution >= 0.6 is 11.3 Å². The highest BCUT2D eigenvalue weighted by molar-refractivity contribution is 7.89. The van der Waals surface area contributed by atoms with Gasteiger partial charge in [-0.05, 0) is 44.2 Å². The number of rotatable bonds is 7. The molecule has 0 amide bonds. The molecule has 9 heteroatoms. The van der Waals surface area contributed by atoms with Crippen LogP contribution in [0.3, 0.4) is 0 Å². The van der Waals surface area contributed by atoms with E-state index >= 15 is 0 Å². The van der Waals surface area contributed by atoms with Crippen molar-refractivity contribution in [2.75, 3.05) is 20.8 Å². The van der Waals surface area contributed by atoms with Crippen molar-refractivity contribution in [1.29, 1.82) is 0 Å². The quantitative estimate of drug-likeness (QED) is 0.405. The predicted octanol–water partition coefficient (Wildman–Crippen LogP) is 2.59. The van der Waals surface area contributed by atoms with Crippen molar-refractivity contribution in [3.63, 3.8) is 0 Å². The van der Waals surface area contributed by atoms with Gasteiger partial charge in [0, 0.05) is 22.4 Å². The fourth-order valence-electron chi connectivity index (χ4n) is 2.21. The second-order valence-electron chi connectivity index (χ2n) is 5.45. The fraction of sp³-hybridized carbons (Fsp3) is 0.294. The molecular formula is C17H19NO6S2. The summed E-state index contributed by atoms with van der Waals surface area (Å²) in [6.45, 7) is 3.36. The van der Waals surface area contributed by atoms with Gasteiger partial charge in [-0.3, -0.25) is 9.63 Å². The van der Waals surface area contributed by atoms with E-state index in [-0.39, 0.29) is 22.8 Å². The Labute approximate surface area is 156 Å². The number of hydrogen-bond acceptors (Lipinski definition) is 7. The van der Waals surface area contributed by atoms with Crippen molar-refractivity contribution in [2.24, 2.45) is 0 Å². The van der Waals surface area contributed by atoms with Crippen LogP contribution in [0.5, 0.6) is 0 Å². The molecule has 7 nitrogen and oxygen atoms in total. The summed E-state index contributed by atoms with van der Waals surface area (Å²) in [5.41, 5.74) is 0.694. The highest BCUT2D eigenvalue weighted by atomic mass is 32.2. The molecule has 0 spiro atoms. The maximum absolute atomic E-state index is 12.1. The Bertz CT molecular complexity index is 915. The Morgan fingerprint density at radius 3 is 2.27 bits per heavy atom. The average molecular weight is 397 g/mol. The lowest BCUT2D eigenvalue weighted by Crippen LogP contribution is -2.25. The number of hydroxylamine groups is 1. The van der Waals surface area contributed by atoms with E-state index in [1.165, 1.54) is 49.8 Å². The molecule has 0 aliphatic rings. The molecule has 0 atom stereocenters. The van der Waals surface area contributed by atoms with Gasteiger partial charge < -0.3 is 4.74 Å². The number of aryl methyl sites for hydroxylation is 2. The van der Waals surface area contributed by atoms with Crippen LogP contribution in [0.4, 0.5) is 0 Å². The molecule has 0 bridgehead atoms. The Balaban J connectivity index is 2.04. The molecule has 0 N–H and O–H groups in total. The van der Waals surface area contributed by atoms with E-state index in [1.807, 2.05) is 13.8 Å². The molecule has 26 heavy (non-hydrogen) atoms. The first-order chi connectivity index (χ1) is 12.2. The van der Waals surface area contributed by atoms with E-state index in [4.69, 9.17) is 4.74 Å². The molecule has 0 aliphatic carbocycles. The van der Waals surface area contributed by atoms with E-state index in [2.05, 4.69) is 4.84 Å². The summed E-state index contributed by atoms with van der Waals surface area (Å²) >= 11 is 1.50. The molecule has 140 valence electrons. The van der Waals surface area contributed by atoms with E-state index in [1.54, 1.807) is 6.07 Å². The number of carbonyl (C=O) groups excluding carboxylic acids is 2. The van der Waals surface area contributed by atoms with Gasteiger partial charge in [0.15, 0.2) is 6.61 Å². The van der Waals surface area contributed by atoms with Crippen LogP contribution < -0.4 is 0 Å². The monoisotopic (exact) mass is 397 g/mol. The van der Waals surface area contributed by atoms with Gasteiger partial charge in [-0.15, -0.1) is 11.3 Å². The summed E-state index contributed by atoms with van der Waals surface area (Å²) in [5, 5.41) is 0. The van der Waals surface area contributed by atoms with Crippen LogP contribution in [0.2, 0.25) is 0 Å². The van der Waals surface area contributed by atoms with Crippen LogP contribution in [0.1, 0.15) is 30.5 Å². The van der Waals surface area contributed by atoms with Gasteiger partial charge in [-0.1, -0.05) is 4.47 Å². The Morgan fingerprint density at radius 2 is 1.77 bits per heavy atom. The summed E-state index contributed by atoms with van der Waals surface area (Å²) in [6.07, 6.45) is 0. The van der Waals surface area contributed by atoms with Gasteiger partial charge in [0.2, 0.25) is 5.78 Å². The lowest BCUT2D eigenvalue weighted by atomic mass is 10.2. The number of thiophene rings is 1. The minimum absolute atomic E-state index is 0.0288. The van der Waals surface area contributed by atoms with E-state index in [9.17, 15) is 18.0 Å². The first-order valence-electron chi connectivity index (χ1n) is 7.57. The fourth-order valence-corrected chi connectivity index (χ4v) is 4.12. The molecule has 1 heterocycles. The van der Waals surface area contributed by atoms with E-state index in [0.29, 0.717) is 10.0 Å². The normalized spacial score (nSPS) is 11.6. The summed E-state index contributed by atoms with van der Waals surface area (Å²) in [5.74, 6) is -0.979. The minimum Gasteiger partial charge on any atom is -0.454 e. The smallest absolute Gasteiger partial charge is 0.338 e. The van der Waals surface area contributed by atoms with Crippen molar-refractivity contribution >= 4 is 33.1 Å². The molecule has 1 aromatic carbocycles. The second kappa shape index (κ2) is 8.09. The number of sulfonamides is 1. The summed E-state index contributed by atoms with van der Waals surface area (Å²) < 4.78 is 29.9. The summed E-state index contributed by atoms with van der Waals surface area (Å²) in [6, 6.07) is 6.96. The van der Waals surface area contributed by atoms with Gasteiger partial charge in [0.1, 0.15) is 0 Å². The van der Waals surface area contributed by atoms with Crippen LogP contribution in [-0.2, 0) is 19.6 Å². The molecule has 2 aromatic rings. The lowest BCUT2D eigenvalue weighted by molar-refractivity contribution is -0.0258. The van der Waals surface area contributed by atoms with Gasteiger partial charge in [0.05, 0.1) is 17.6 Å². The van der Waals surface area contributed by atoms with Crippen molar-refractivity contribution in [3.05, 3.63) is 51.2 Å². The Morgan fingerprint density at radius 1 is 1.15 bits per heavy atom. The first kappa shape index (κ1) is 20.2. The lowest BCUT2D eigenvalue weighted by Gasteiger charge is -2.14. The van der Waals surface area contributed by atoms with Gasteiger partial charge in [-0.25, -0.2) is 13.2 Å². The standard InChI is InChI=1S/C17H19NO6S2/c1-11-9-15(12(2)25-11)16(19)10-24-17(20)13-5-7-14(8-6-13)26(21,22)18(3)23-4/h5-9H,10H2,1-4H3. The number of nitrogens with zero attached hydrogens (tertiary/aromatic N) is 1. The van der Waals surface area contributed by atoms with Gasteiger partial charge in [0.25, 0.3) is 10.0 Å². The molecule has 0 saturated heterocycles. The number of esters is 1. The van der Waals surface area contributed by atoms with E-state index in [0.717, 1.165) is 9.75 Å². The van der Waals surface area contributed by atoms with Gasteiger partial charge >= 0.3 is 5.97 Å². The molecule has 1 aromatic heterocycles. The summed E-state index contributed by atoms with van der Waals surface area (Å²) in [7, 11) is -1.30. The van der Waals surface area contributed by atoms with Crippen molar-refractivity contribution < 1.29 is 27.6 Å². The SMILES string of the molecule is CON(C)S(=O)(=O)c1ccc(C(=O)OCC(=O)c2cc(C)sc2C)cc1. The Kier molecular flexibility index (Phi) is 6.30. The molecule has 0 aliphatic heterocycles. The molecular weight excluding hydrogens is 378 g/mol. The predicted molar refractivity (Wildman–Crippen MR) is 96.8 cm³/mol. The minimum atomic E-state index is -3.79. The maximum Gasteiger partial charge on any atom is 0.338 e. The third-order valence-corrected chi connectivity index (χ3v) is 6.32. The molecule has 2 rings (SSSR count).